The van der Waals surface area contributed by atoms with Crippen molar-refractivity contribution in [1.82, 2.24) is 4.98 Å². The van der Waals surface area contributed by atoms with Crippen LogP contribution in [0.4, 0.5) is 5.13 Å². The molecule has 1 fully saturated rings. The first-order valence-electron chi connectivity index (χ1n) is 14.2. The summed E-state index contributed by atoms with van der Waals surface area (Å²) in [5, 5.41) is 12.0. The summed E-state index contributed by atoms with van der Waals surface area (Å²) in [7, 11) is 1.54. The smallest absolute Gasteiger partial charge is 0.301 e. The van der Waals surface area contributed by atoms with Gasteiger partial charge in [-0.2, -0.15) is 0 Å². The van der Waals surface area contributed by atoms with E-state index in [1.54, 1.807) is 36.4 Å². The molecule has 2 aliphatic heterocycles. The zero-order valence-corrected chi connectivity index (χ0v) is 25.2. The van der Waals surface area contributed by atoms with Crippen LogP contribution in [-0.2, 0) is 9.59 Å². The first kappa shape index (κ1) is 28.5. The average Bonchev–Trinajstić information content (AvgIpc) is 3.55. The van der Waals surface area contributed by atoms with E-state index in [1.165, 1.54) is 23.3 Å². The first-order valence-corrected chi connectivity index (χ1v) is 15.0. The molecule has 222 valence electrons. The first-order chi connectivity index (χ1) is 20.8. The van der Waals surface area contributed by atoms with Gasteiger partial charge in [-0.15, -0.1) is 0 Å². The molecule has 0 unspecified atom stereocenters. The lowest BCUT2D eigenvalue weighted by molar-refractivity contribution is -0.132. The Kier molecular flexibility index (Phi) is 7.70. The lowest BCUT2D eigenvalue weighted by Gasteiger charge is -2.24. The minimum Gasteiger partial charge on any atom is -0.507 e. The molecule has 0 spiro atoms. The number of fused-ring (bicyclic) bond motifs is 2. The van der Waals surface area contributed by atoms with Crippen molar-refractivity contribution >= 4 is 44.1 Å². The Labute approximate surface area is 253 Å². The van der Waals surface area contributed by atoms with Crippen LogP contribution in [0, 0.1) is 13.8 Å². The number of aryl methyl sites for hydroxylation is 2. The van der Waals surface area contributed by atoms with Crippen molar-refractivity contribution in [2.45, 2.75) is 39.7 Å². The maximum atomic E-state index is 13.8. The van der Waals surface area contributed by atoms with Crippen LogP contribution < -0.4 is 23.8 Å². The van der Waals surface area contributed by atoms with Crippen molar-refractivity contribution in [2.24, 2.45) is 0 Å². The molecular formula is C33H32N2O7S. The second kappa shape index (κ2) is 11.6. The molecule has 1 aromatic heterocycles. The van der Waals surface area contributed by atoms with Crippen molar-refractivity contribution in [3.8, 4) is 23.0 Å². The summed E-state index contributed by atoms with van der Waals surface area (Å²) in [5.74, 6) is 0.0882. The summed E-state index contributed by atoms with van der Waals surface area (Å²) in [6.45, 7) is 7.37. The Morgan fingerprint density at radius 3 is 2.60 bits per heavy atom. The lowest BCUT2D eigenvalue weighted by atomic mass is 9.95. The molecule has 0 radical (unpaired) electrons. The van der Waals surface area contributed by atoms with Crippen LogP contribution in [-0.4, -0.2) is 48.7 Å². The number of ketones is 1. The van der Waals surface area contributed by atoms with E-state index in [4.69, 9.17) is 23.9 Å². The molecular weight excluding hydrogens is 568 g/mol. The van der Waals surface area contributed by atoms with Crippen LogP contribution in [0.25, 0.3) is 16.0 Å². The van der Waals surface area contributed by atoms with E-state index < -0.39 is 17.7 Å². The summed E-state index contributed by atoms with van der Waals surface area (Å²) in [4.78, 5) is 33.7. The Hall–Kier alpha value is -4.57. The Morgan fingerprint density at radius 2 is 1.84 bits per heavy atom. The molecule has 3 heterocycles. The van der Waals surface area contributed by atoms with Gasteiger partial charge in [-0.25, -0.2) is 4.98 Å². The summed E-state index contributed by atoms with van der Waals surface area (Å²) >= 11 is 1.33. The number of rotatable bonds is 8. The number of hydrogen-bond donors (Lipinski definition) is 1. The van der Waals surface area contributed by atoms with E-state index in [2.05, 4.69) is 6.92 Å². The monoisotopic (exact) mass is 600 g/mol. The van der Waals surface area contributed by atoms with E-state index in [0.29, 0.717) is 59.1 Å². The van der Waals surface area contributed by atoms with E-state index in [9.17, 15) is 14.7 Å². The van der Waals surface area contributed by atoms with Crippen LogP contribution in [0.15, 0.2) is 54.1 Å². The van der Waals surface area contributed by atoms with Crippen LogP contribution in [0.3, 0.4) is 0 Å². The Morgan fingerprint density at radius 1 is 1.05 bits per heavy atom. The van der Waals surface area contributed by atoms with Gasteiger partial charge in [0.25, 0.3) is 5.78 Å². The van der Waals surface area contributed by atoms with E-state index in [1.807, 2.05) is 26.0 Å². The second-order valence-electron chi connectivity index (χ2n) is 10.6. The number of Topliss-reactive ketones (excluding diaryl/α,β-unsaturated/α-hetero) is 1. The predicted molar refractivity (Wildman–Crippen MR) is 165 cm³/mol. The van der Waals surface area contributed by atoms with Gasteiger partial charge in [-0.05, 0) is 73.4 Å². The molecule has 4 aromatic rings. The quantitative estimate of drug-likeness (QED) is 0.106. The van der Waals surface area contributed by atoms with E-state index >= 15 is 0 Å². The number of hydrogen-bond acceptors (Lipinski definition) is 9. The number of thiazole rings is 1. The largest absolute Gasteiger partial charge is 0.507 e. The molecule has 1 N–H and O–H groups in total. The molecule has 10 heteroatoms. The summed E-state index contributed by atoms with van der Waals surface area (Å²) in [6.07, 6.45) is 1.87. The van der Waals surface area contributed by atoms with Gasteiger partial charge in [0, 0.05) is 5.56 Å². The highest BCUT2D eigenvalue weighted by molar-refractivity contribution is 7.22. The van der Waals surface area contributed by atoms with Crippen molar-refractivity contribution in [3.05, 3.63) is 76.4 Å². The minimum atomic E-state index is -0.978. The second-order valence-corrected chi connectivity index (χ2v) is 11.6. The molecule has 0 bridgehead atoms. The minimum absolute atomic E-state index is 0.0597. The van der Waals surface area contributed by atoms with Crippen molar-refractivity contribution in [2.75, 3.05) is 31.8 Å². The van der Waals surface area contributed by atoms with Gasteiger partial charge >= 0.3 is 5.91 Å². The van der Waals surface area contributed by atoms with E-state index in [0.717, 1.165) is 34.2 Å². The fourth-order valence-corrected chi connectivity index (χ4v) is 6.62. The number of nitrogens with zero attached hydrogens (tertiary/aromatic N) is 2. The Balaban J connectivity index is 1.52. The number of carbonyl (C=O) groups excluding carboxylic acids is 2. The van der Waals surface area contributed by atoms with Crippen molar-refractivity contribution in [1.29, 1.82) is 0 Å². The maximum absolute atomic E-state index is 13.8. The highest BCUT2D eigenvalue weighted by atomic mass is 32.1. The molecule has 0 aliphatic carbocycles. The molecule has 1 atom stereocenters. The van der Waals surface area contributed by atoms with Crippen molar-refractivity contribution in [3.63, 3.8) is 0 Å². The number of ether oxygens (including phenoxy) is 4. The third kappa shape index (κ3) is 5.16. The molecule has 3 aromatic carbocycles. The van der Waals surface area contributed by atoms with Gasteiger partial charge < -0.3 is 24.1 Å². The molecule has 1 saturated heterocycles. The molecule has 9 nitrogen and oxygen atoms in total. The molecule has 43 heavy (non-hydrogen) atoms. The lowest BCUT2D eigenvalue weighted by Crippen LogP contribution is -2.29. The third-order valence-corrected chi connectivity index (χ3v) is 8.55. The number of benzene rings is 3. The summed E-state index contributed by atoms with van der Waals surface area (Å²) in [6, 6.07) is 13.3. The number of anilines is 1. The van der Waals surface area contributed by atoms with Gasteiger partial charge in [-0.3, -0.25) is 14.5 Å². The SMILES string of the molecule is CCCCOc1ccc([C@@H]2C(=C(O)c3ccc4c(c3)OCCO4)C(=O)C(=O)N2c2nc3c(C)cc(C)cc3s2)cc1OC. The number of aliphatic hydroxyl groups is 1. The fourth-order valence-electron chi connectivity index (χ4n) is 5.45. The molecule has 0 saturated carbocycles. The number of aromatic nitrogens is 1. The molecule has 6 rings (SSSR count). The number of methoxy groups -OCH3 is 1. The average molecular weight is 601 g/mol. The van der Waals surface area contributed by atoms with Crippen LogP contribution >= 0.6 is 11.3 Å². The highest BCUT2D eigenvalue weighted by Crippen LogP contribution is 2.47. The van der Waals surface area contributed by atoms with Gasteiger partial charge in [0.1, 0.15) is 19.0 Å². The maximum Gasteiger partial charge on any atom is 0.301 e. The number of aliphatic hydroxyl groups excluding tert-OH is 1. The molecule has 2 aliphatic rings. The zero-order valence-electron chi connectivity index (χ0n) is 24.4. The van der Waals surface area contributed by atoms with Crippen LogP contribution in [0.2, 0.25) is 0 Å². The summed E-state index contributed by atoms with van der Waals surface area (Å²) in [5.41, 5.74) is 3.63. The van der Waals surface area contributed by atoms with Crippen LogP contribution in [0.1, 0.15) is 48.1 Å². The van der Waals surface area contributed by atoms with Crippen molar-refractivity contribution < 1.29 is 33.6 Å². The number of unbranched alkanes of at least 4 members (excludes halogenated alkanes) is 1. The zero-order chi connectivity index (χ0) is 30.2. The Bertz CT molecular complexity index is 1780. The van der Waals surface area contributed by atoms with E-state index in [-0.39, 0.29) is 11.3 Å². The highest BCUT2D eigenvalue weighted by Gasteiger charge is 2.48. The fraction of sp³-hybridized carbons (Fsp3) is 0.303. The summed E-state index contributed by atoms with van der Waals surface area (Å²) < 4.78 is 23.8. The predicted octanol–water partition coefficient (Wildman–Crippen LogP) is 6.50. The standard InChI is InChI=1S/C33H32N2O7S/c1-5-6-11-40-22-9-7-20(16-24(22)39-4)29-27(30(36)21-8-10-23-25(17-21)42-13-12-41-23)31(37)32(38)35(29)33-34-28-19(3)14-18(2)15-26(28)43-33/h7-10,14-17,29,36H,5-6,11-13H2,1-4H3/t29-/m1/s1. The topological polar surface area (TPSA) is 107 Å². The normalized spacial score (nSPS) is 17.5. The van der Waals surface area contributed by atoms with Gasteiger partial charge in [0.2, 0.25) is 0 Å². The molecule has 1 amide bonds. The van der Waals surface area contributed by atoms with Crippen LogP contribution in [0.5, 0.6) is 23.0 Å². The number of amides is 1. The number of carbonyl (C=O) groups is 2. The van der Waals surface area contributed by atoms with Gasteiger partial charge in [0.15, 0.2) is 28.1 Å². The third-order valence-electron chi connectivity index (χ3n) is 7.54. The van der Waals surface area contributed by atoms with Gasteiger partial charge in [-0.1, -0.05) is 36.8 Å². The van der Waals surface area contributed by atoms with Gasteiger partial charge in [0.05, 0.1) is 35.5 Å².